The van der Waals surface area contributed by atoms with E-state index in [1.165, 1.54) is 0 Å². The molecule has 4 heteroatoms. The molecule has 1 aromatic carbocycles. The minimum Gasteiger partial charge on any atom is -0.381 e. The van der Waals surface area contributed by atoms with E-state index in [-0.39, 0.29) is 11.3 Å². The monoisotopic (exact) mass is 297 g/mol. The van der Waals surface area contributed by atoms with Crippen LogP contribution in [0.3, 0.4) is 0 Å². The van der Waals surface area contributed by atoms with Crippen LogP contribution in [0.4, 0.5) is 11.4 Å². The van der Waals surface area contributed by atoms with E-state index in [9.17, 15) is 4.79 Å². The van der Waals surface area contributed by atoms with E-state index in [0.717, 1.165) is 29.9 Å². The van der Waals surface area contributed by atoms with E-state index in [2.05, 4.69) is 15.6 Å². The first-order valence-electron chi connectivity index (χ1n) is 7.55. The molecule has 0 radical (unpaired) electrons. The van der Waals surface area contributed by atoms with Gasteiger partial charge in [-0.25, -0.2) is 0 Å². The number of rotatable bonds is 6. The Kier molecular flexibility index (Phi) is 5.15. The normalized spacial score (nSPS) is 11.0. The second-order valence-electron chi connectivity index (χ2n) is 5.98. The van der Waals surface area contributed by atoms with Crippen LogP contribution < -0.4 is 10.6 Å². The molecule has 4 nitrogen and oxygen atoms in total. The van der Waals surface area contributed by atoms with E-state index in [4.69, 9.17) is 0 Å². The largest absolute Gasteiger partial charge is 0.381 e. The summed E-state index contributed by atoms with van der Waals surface area (Å²) in [5, 5.41) is 6.29. The number of aromatic nitrogens is 1. The van der Waals surface area contributed by atoms with E-state index in [1.54, 1.807) is 6.20 Å². The van der Waals surface area contributed by atoms with Crippen molar-refractivity contribution in [1.29, 1.82) is 0 Å². The molecule has 0 unspecified atom stereocenters. The first kappa shape index (κ1) is 16.0. The van der Waals surface area contributed by atoms with Gasteiger partial charge in [-0.3, -0.25) is 9.78 Å². The Labute approximate surface area is 132 Å². The van der Waals surface area contributed by atoms with E-state index in [1.807, 2.05) is 63.4 Å². The van der Waals surface area contributed by atoms with Gasteiger partial charge in [0.15, 0.2) is 0 Å². The Morgan fingerprint density at radius 3 is 2.41 bits per heavy atom. The number of hydrogen-bond donors (Lipinski definition) is 2. The summed E-state index contributed by atoms with van der Waals surface area (Å²) in [5.74, 6) is 0.0473. The molecule has 0 bridgehead atoms. The summed E-state index contributed by atoms with van der Waals surface area (Å²) in [5.41, 5.74) is 2.61. The van der Waals surface area contributed by atoms with Gasteiger partial charge in [-0.05, 0) is 42.3 Å². The summed E-state index contributed by atoms with van der Waals surface area (Å²) in [4.78, 5) is 16.2. The molecule has 0 saturated carbocycles. The maximum absolute atomic E-state index is 12.1. The zero-order valence-electron chi connectivity index (χ0n) is 13.4. The van der Waals surface area contributed by atoms with Crippen LogP contribution >= 0.6 is 0 Å². The molecular weight excluding hydrogens is 274 g/mol. The third kappa shape index (κ3) is 4.32. The molecular formula is C18H23N3O. The molecule has 0 aliphatic rings. The Hall–Kier alpha value is -2.36. The Morgan fingerprint density at radius 1 is 1.14 bits per heavy atom. The van der Waals surface area contributed by atoms with Crippen molar-refractivity contribution in [3.63, 3.8) is 0 Å². The van der Waals surface area contributed by atoms with Gasteiger partial charge in [-0.1, -0.05) is 26.8 Å². The molecule has 2 rings (SSSR count). The molecule has 2 aromatic rings. The minimum absolute atomic E-state index is 0.0473. The van der Waals surface area contributed by atoms with E-state index in [0.29, 0.717) is 0 Å². The molecule has 1 aromatic heterocycles. The summed E-state index contributed by atoms with van der Waals surface area (Å²) in [6.45, 7) is 6.64. The summed E-state index contributed by atoms with van der Waals surface area (Å²) in [6.07, 6.45) is 4.41. The lowest BCUT2D eigenvalue weighted by molar-refractivity contribution is -0.124. The highest BCUT2D eigenvalue weighted by molar-refractivity contribution is 5.94. The van der Waals surface area contributed by atoms with Crippen molar-refractivity contribution in [2.45, 2.75) is 33.7 Å². The van der Waals surface area contributed by atoms with Gasteiger partial charge in [0.1, 0.15) is 0 Å². The van der Waals surface area contributed by atoms with Gasteiger partial charge in [-0.15, -0.1) is 0 Å². The molecule has 0 saturated heterocycles. The predicted octanol–water partition coefficient (Wildman–Crippen LogP) is 4.07. The van der Waals surface area contributed by atoms with Crippen LogP contribution in [-0.2, 0) is 11.3 Å². The Morgan fingerprint density at radius 2 is 1.82 bits per heavy atom. The van der Waals surface area contributed by atoms with Crippen LogP contribution in [-0.4, -0.2) is 10.9 Å². The van der Waals surface area contributed by atoms with Crippen LogP contribution in [0.25, 0.3) is 0 Å². The first-order valence-corrected chi connectivity index (χ1v) is 7.55. The fourth-order valence-corrected chi connectivity index (χ4v) is 1.84. The number of amides is 1. The maximum atomic E-state index is 12.1. The highest BCUT2D eigenvalue weighted by Crippen LogP contribution is 2.23. The number of carbonyl (C=O) groups is 1. The molecule has 2 N–H and O–H groups in total. The zero-order chi connectivity index (χ0) is 16.0. The quantitative estimate of drug-likeness (QED) is 0.845. The van der Waals surface area contributed by atoms with E-state index < -0.39 is 0 Å². The van der Waals surface area contributed by atoms with Crippen molar-refractivity contribution in [1.82, 2.24) is 4.98 Å². The van der Waals surface area contributed by atoms with E-state index >= 15 is 0 Å². The number of nitrogens with one attached hydrogen (secondary N) is 2. The molecule has 0 aliphatic carbocycles. The fourth-order valence-electron chi connectivity index (χ4n) is 1.84. The molecule has 1 heterocycles. The molecule has 0 fully saturated rings. The van der Waals surface area contributed by atoms with Crippen molar-refractivity contribution in [2.24, 2.45) is 5.41 Å². The fraction of sp³-hybridized carbons (Fsp3) is 0.333. The summed E-state index contributed by atoms with van der Waals surface area (Å²) in [7, 11) is 0. The number of pyridine rings is 1. The third-order valence-corrected chi connectivity index (χ3v) is 3.86. The number of benzene rings is 1. The van der Waals surface area contributed by atoms with Crippen LogP contribution in [0, 0.1) is 5.41 Å². The van der Waals surface area contributed by atoms with Crippen molar-refractivity contribution >= 4 is 17.3 Å². The van der Waals surface area contributed by atoms with Crippen LogP contribution in [0.1, 0.15) is 32.8 Å². The molecule has 0 spiro atoms. The highest BCUT2D eigenvalue weighted by atomic mass is 16.2. The van der Waals surface area contributed by atoms with Crippen molar-refractivity contribution in [3.8, 4) is 0 Å². The SMILES string of the molecule is CCC(C)(C)C(=O)Nc1ccc(NCc2cccnc2)cc1. The molecule has 0 aliphatic heterocycles. The average Bonchev–Trinajstić information content (AvgIpc) is 2.55. The smallest absolute Gasteiger partial charge is 0.230 e. The maximum Gasteiger partial charge on any atom is 0.230 e. The Bertz CT molecular complexity index is 606. The van der Waals surface area contributed by atoms with Crippen molar-refractivity contribution in [3.05, 3.63) is 54.4 Å². The molecule has 0 atom stereocenters. The summed E-state index contributed by atoms with van der Waals surface area (Å²) < 4.78 is 0. The topological polar surface area (TPSA) is 54.0 Å². The number of nitrogens with zero attached hydrogens (tertiary/aromatic N) is 1. The minimum atomic E-state index is -0.350. The van der Waals surface area contributed by atoms with Gasteiger partial charge in [0, 0.05) is 35.7 Å². The van der Waals surface area contributed by atoms with Crippen LogP contribution in [0.15, 0.2) is 48.8 Å². The second-order valence-corrected chi connectivity index (χ2v) is 5.98. The lowest BCUT2D eigenvalue weighted by Gasteiger charge is -2.21. The summed E-state index contributed by atoms with van der Waals surface area (Å²) >= 11 is 0. The predicted molar refractivity (Wildman–Crippen MR) is 90.7 cm³/mol. The molecule has 1 amide bonds. The number of hydrogen-bond acceptors (Lipinski definition) is 3. The average molecular weight is 297 g/mol. The van der Waals surface area contributed by atoms with Gasteiger partial charge >= 0.3 is 0 Å². The summed E-state index contributed by atoms with van der Waals surface area (Å²) in [6, 6.07) is 11.7. The highest BCUT2D eigenvalue weighted by Gasteiger charge is 2.25. The van der Waals surface area contributed by atoms with Gasteiger partial charge in [0.05, 0.1) is 0 Å². The van der Waals surface area contributed by atoms with Crippen LogP contribution in [0.2, 0.25) is 0 Å². The van der Waals surface area contributed by atoms with Crippen LogP contribution in [0.5, 0.6) is 0 Å². The standard InChI is InChI=1S/C18H23N3O/c1-4-18(2,3)17(22)21-16-9-7-15(8-10-16)20-13-14-6-5-11-19-12-14/h5-12,20H,4,13H2,1-3H3,(H,21,22). The molecule has 116 valence electrons. The lowest BCUT2D eigenvalue weighted by atomic mass is 9.89. The number of anilines is 2. The zero-order valence-corrected chi connectivity index (χ0v) is 13.4. The second kappa shape index (κ2) is 7.07. The third-order valence-electron chi connectivity index (χ3n) is 3.86. The van der Waals surface area contributed by atoms with Gasteiger partial charge < -0.3 is 10.6 Å². The first-order chi connectivity index (χ1) is 10.5. The van der Waals surface area contributed by atoms with Gasteiger partial charge in [-0.2, -0.15) is 0 Å². The lowest BCUT2D eigenvalue weighted by Crippen LogP contribution is -2.29. The van der Waals surface area contributed by atoms with Gasteiger partial charge in [0.2, 0.25) is 5.91 Å². The van der Waals surface area contributed by atoms with Gasteiger partial charge in [0.25, 0.3) is 0 Å². The Balaban J connectivity index is 1.92. The number of carbonyl (C=O) groups excluding carboxylic acids is 1. The van der Waals surface area contributed by atoms with Crippen molar-refractivity contribution < 1.29 is 4.79 Å². The molecule has 22 heavy (non-hydrogen) atoms. The van der Waals surface area contributed by atoms with Crippen molar-refractivity contribution in [2.75, 3.05) is 10.6 Å².